The summed E-state index contributed by atoms with van der Waals surface area (Å²) in [6.45, 7) is 1.01. The van der Waals surface area contributed by atoms with Crippen LogP contribution in [0.2, 0.25) is 0 Å². The SMILES string of the molecule is NC[C@H](O)c1ccc2c(c1)CCO2. The van der Waals surface area contributed by atoms with Gasteiger partial charge in [-0.15, -0.1) is 0 Å². The van der Waals surface area contributed by atoms with Crippen LogP contribution in [0, 0.1) is 0 Å². The molecular formula is C10H13NO2. The zero-order valence-electron chi connectivity index (χ0n) is 7.36. The van der Waals surface area contributed by atoms with Crippen LogP contribution < -0.4 is 10.5 Å². The van der Waals surface area contributed by atoms with Gasteiger partial charge in [0.1, 0.15) is 5.75 Å². The molecule has 3 nitrogen and oxygen atoms in total. The zero-order chi connectivity index (χ0) is 9.26. The molecule has 70 valence electrons. The van der Waals surface area contributed by atoms with Crippen LogP contribution in [0.3, 0.4) is 0 Å². The summed E-state index contributed by atoms with van der Waals surface area (Å²) in [5.41, 5.74) is 7.42. The minimum Gasteiger partial charge on any atom is -0.493 e. The van der Waals surface area contributed by atoms with Gasteiger partial charge in [0.15, 0.2) is 0 Å². The number of hydrogen-bond acceptors (Lipinski definition) is 3. The van der Waals surface area contributed by atoms with Crippen molar-refractivity contribution >= 4 is 0 Å². The van der Waals surface area contributed by atoms with Crippen LogP contribution in [0.5, 0.6) is 5.75 Å². The molecule has 3 N–H and O–H groups in total. The Labute approximate surface area is 77.1 Å². The Balaban J connectivity index is 2.30. The minimum atomic E-state index is -0.550. The molecule has 0 saturated heterocycles. The lowest BCUT2D eigenvalue weighted by Gasteiger charge is -2.08. The fourth-order valence-electron chi connectivity index (χ4n) is 1.55. The Morgan fingerprint density at radius 3 is 3.15 bits per heavy atom. The Bertz CT molecular complexity index is 312. The molecule has 3 heteroatoms. The van der Waals surface area contributed by atoms with Crippen molar-refractivity contribution in [2.24, 2.45) is 5.73 Å². The third-order valence-electron chi connectivity index (χ3n) is 2.32. The molecule has 0 unspecified atom stereocenters. The van der Waals surface area contributed by atoms with E-state index in [4.69, 9.17) is 10.5 Å². The topological polar surface area (TPSA) is 55.5 Å². The number of ether oxygens (including phenoxy) is 1. The van der Waals surface area contributed by atoms with Crippen molar-refractivity contribution in [2.75, 3.05) is 13.2 Å². The van der Waals surface area contributed by atoms with Crippen molar-refractivity contribution in [1.29, 1.82) is 0 Å². The second-order valence-corrected chi connectivity index (χ2v) is 3.22. The van der Waals surface area contributed by atoms with Crippen LogP contribution in [0.15, 0.2) is 18.2 Å². The molecule has 0 radical (unpaired) electrons. The molecule has 1 heterocycles. The maximum absolute atomic E-state index is 9.49. The molecule has 1 aliphatic rings. The third kappa shape index (κ3) is 1.53. The fraction of sp³-hybridized carbons (Fsp3) is 0.400. The normalized spacial score (nSPS) is 16.5. The van der Waals surface area contributed by atoms with E-state index in [0.29, 0.717) is 0 Å². The highest BCUT2D eigenvalue weighted by molar-refractivity contribution is 5.40. The first kappa shape index (κ1) is 8.53. The van der Waals surface area contributed by atoms with Crippen LogP contribution >= 0.6 is 0 Å². The van der Waals surface area contributed by atoms with E-state index in [1.54, 1.807) is 0 Å². The summed E-state index contributed by atoms with van der Waals surface area (Å²) in [7, 11) is 0. The first-order valence-corrected chi connectivity index (χ1v) is 4.45. The van der Waals surface area contributed by atoms with Gasteiger partial charge in [-0.05, 0) is 23.3 Å². The van der Waals surface area contributed by atoms with Crippen molar-refractivity contribution in [3.63, 3.8) is 0 Å². The highest BCUT2D eigenvalue weighted by atomic mass is 16.5. The van der Waals surface area contributed by atoms with Gasteiger partial charge in [-0.1, -0.05) is 6.07 Å². The molecule has 0 bridgehead atoms. The van der Waals surface area contributed by atoms with Crippen molar-refractivity contribution in [1.82, 2.24) is 0 Å². The van der Waals surface area contributed by atoms with Gasteiger partial charge in [-0.3, -0.25) is 0 Å². The monoisotopic (exact) mass is 179 g/mol. The van der Waals surface area contributed by atoms with Crippen LogP contribution in [0.4, 0.5) is 0 Å². The van der Waals surface area contributed by atoms with Gasteiger partial charge in [-0.2, -0.15) is 0 Å². The number of fused-ring (bicyclic) bond motifs is 1. The van der Waals surface area contributed by atoms with Gasteiger partial charge in [0.2, 0.25) is 0 Å². The molecule has 0 fully saturated rings. The fourth-order valence-corrected chi connectivity index (χ4v) is 1.55. The molecule has 13 heavy (non-hydrogen) atoms. The quantitative estimate of drug-likeness (QED) is 0.699. The molecule has 1 aromatic carbocycles. The molecule has 2 rings (SSSR count). The Kier molecular flexibility index (Phi) is 2.20. The number of aliphatic hydroxyl groups excluding tert-OH is 1. The van der Waals surface area contributed by atoms with Crippen LogP contribution in [0.1, 0.15) is 17.2 Å². The van der Waals surface area contributed by atoms with Crippen LogP contribution in [-0.4, -0.2) is 18.3 Å². The molecule has 0 spiro atoms. The van der Waals surface area contributed by atoms with E-state index in [2.05, 4.69) is 0 Å². The molecule has 0 aromatic heterocycles. The smallest absolute Gasteiger partial charge is 0.122 e. The van der Waals surface area contributed by atoms with Crippen molar-refractivity contribution in [3.8, 4) is 5.75 Å². The molecule has 1 aliphatic heterocycles. The van der Waals surface area contributed by atoms with Crippen molar-refractivity contribution in [3.05, 3.63) is 29.3 Å². The molecular weight excluding hydrogens is 166 g/mol. The maximum Gasteiger partial charge on any atom is 0.122 e. The van der Waals surface area contributed by atoms with E-state index in [-0.39, 0.29) is 6.54 Å². The minimum absolute atomic E-state index is 0.264. The lowest BCUT2D eigenvalue weighted by Crippen LogP contribution is -2.11. The third-order valence-corrected chi connectivity index (χ3v) is 2.32. The van der Waals surface area contributed by atoms with Gasteiger partial charge in [0.25, 0.3) is 0 Å². The van der Waals surface area contributed by atoms with E-state index in [0.717, 1.165) is 24.3 Å². The van der Waals surface area contributed by atoms with Crippen LogP contribution in [0.25, 0.3) is 0 Å². The molecule has 0 amide bonds. The number of benzene rings is 1. The summed E-state index contributed by atoms with van der Waals surface area (Å²) in [5.74, 6) is 0.938. The van der Waals surface area contributed by atoms with Gasteiger partial charge in [-0.25, -0.2) is 0 Å². The second-order valence-electron chi connectivity index (χ2n) is 3.22. The van der Waals surface area contributed by atoms with Crippen molar-refractivity contribution in [2.45, 2.75) is 12.5 Å². The van der Waals surface area contributed by atoms with Gasteiger partial charge in [0, 0.05) is 13.0 Å². The standard InChI is InChI=1S/C10H13NO2/c11-6-9(12)7-1-2-10-8(5-7)3-4-13-10/h1-2,5,9,12H,3-4,6,11H2/t9-/m0/s1. The maximum atomic E-state index is 9.49. The average Bonchev–Trinajstić information content (AvgIpc) is 2.63. The molecule has 0 saturated carbocycles. The summed E-state index contributed by atoms with van der Waals surface area (Å²) >= 11 is 0. The molecule has 1 atom stereocenters. The zero-order valence-corrected chi connectivity index (χ0v) is 7.36. The number of aliphatic hydroxyl groups is 1. The first-order valence-electron chi connectivity index (χ1n) is 4.45. The lowest BCUT2D eigenvalue weighted by atomic mass is 10.0. The average molecular weight is 179 g/mol. The number of rotatable bonds is 2. The second kappa shape index (κ2) is 3.36. The summed E-state index contributed by atoms with van der Waals surface area (Å²) < 4.78 is 5.35. The van der Waals surface area contributed by atoms with E-state index in [1.165, 1.54) is 5.56 Å². The Hall–Kier alpha value is -1.06. The highest BCUT2D eigenvalue weighted by Crippen LogP contribution is 2.27. The predicted molar refractivity (Wildman–Crippen MR) is 49.7 cm³/mol. The summed E-state index contributed by atoms with van der Waals surface area (Å²) in [6.07, 6.45) is 0.381. The van der Waals surface area contributed by atoms with Gasteiger partial charge < -0.3 is 15.6 Å². The summed E-state index contributed by atoms with van der Waals surface area (Å²) in [5, 5.41) is 9.49. The van der Waals surface area contributed by atoms with Gasteiger partial charge in [0.05, 0.1) is 12.7 Å². The Morgan fingerprint density at radius 1 is 1.54 bits per heavy atom. The van der Waals surface area contributed by atoms with E-state index >= 15 is 0 Å². The molecule has 1 aromatic rings. The van der Waals surface area contributed by atoms with Gasteiger partial charge >= 0.3 is 0 Å². The van der Waals surface area contributed by atoms with E-state index in [1.807, 2.05) is 18.2 Å². The summed E-state index contributed by atoms with van der Waals surface area (Å²) in [4.78, 5) is 0. The highest BCUT2D eigenvalue weighted by Gasteiger charge is 2.14. The number of nitrogens with two attached hydrogens (primary N) is 1. The van der Waals surface area contributed by atoms with E-state index < -0.39 is 6.10 Å². The summed E-state index contributed by atoms with van der Waals surface area (Å²) in [6, 6.07) is 5.73. The Morgan fingerprint density at radius 2 is 2.38 bits per heavy atom. The largest absolute Gasteiger partial charge is 0.493 e. The first-order chi connectivity index (χ1) is 6.31. The van der Waals surface area contributed by atoms with Crippen LogP contribution in [-0.2, 0) is 6.42 Å². The number of hydrogen-bond donors (Lipinski definition) is 2. The molecule has 0 aliphatic carbocycles. The predicted octanol–water partition coefficient (Wildman–Crippen LogP) is 0.614. The van der Waals surface area contributed by atoms with E-state index in [9.17, 15) is 5.11 Å². The lowest BCUT2D eigenvalue weighted by molar-refractivity contribution is 0.186. The van der Waals surface area contributed by atoms with Crippen molar-refractivity contribution < 1.29 is 9.84 Å².